The molecule has 0 fully saturated rings. The third kappa shape index (κ3) is 4.50. The first kappa shape index (κ1) is 17.4. The Bertz CT molecular complexity index is 682. The van der Waals surface area contributed by atoms with Crippen molar-refractivity contribution in [2.45, 2.75) is 20.4 Å². The number of urea groups is 1. The molecule has 0 atom stereocenters. The Morgan fingerprint density at radius 1 is 1.26 bits per heavy atom. The molecule has 124 valence electrons. The molecule has 0 bridgehead atoms. The summed E-state index contributed by atoms with van der Waals surface area (Å²) < 4.78 is 7.03. The molecule has 2 amide bonds. The molecule has 0 unspecified atom stereocenters. The smallest absolute Gasteiger partial charge is 0.315 e. The molecule has 0 saturated heterocycles. The van der Waals surface area contributed by atoms with Crippen LogP contribution in [0.15, 0.2) is 30.3 Å². The molecule has 2 aromatic rings. The van der Waals surface area contributed by atoms with Crippen LogP contribution in [-0.4, -0.2) is 30.9 Å². The fourth-order valence-corrected chi connectivity index (χ4v) is 2.71. The molecule has 1 aromatic heterocycles. The van der Waals surface area contributed by atoms with Crippen molar-refractivity contribution < 1.29 is 9.53 Å². The van der Waals surface area contributed by atoms with Crippen LogP contribution in [0.3, 0.4) is 0 Å². The van der Waals surface area contributed by atoms with Crippen LogP contribution in [0, 0.1) is 13.8 Å². The van der Waals surface area contributed by atoms with Gasteiger partial charge in [-0.25, -0.2) is 4.79 Å². The second-order valence-electron chi connectivity index (χ2n) is 5.31. The molecule has 0 aliphatic carbocycles. The summed E-state index contributed by atoms with van der Waals surface area (Å²) in [5, 5.41) is 6.29. The molecule has 1 heterocycles. The van der Waals surface area contributed by atoms with Gasteiger partial charge >= 0.3 is 6.03 Å². The number of methoxy groups -OCH3 is 1. The van der Waals surface area contributed by atoms with Crippen LogP contribution in [-0.2, 0) is 11.3 Å². The van der Waals surface area contributed by atoms with Crippen molar-refractivity contribution in [3.63, 3.8) is 0 Å². The number of amides is 2. The maximum atomic E-state index is 11.7. The number of nitrogens with one attached hydrogen (secondary N) is 2. The second kappa shape index (κ2) is 8.04. The molecule has 0 saturated carbocycles. The summed E-state index contributed by atoms with van der Waals surface area (Å²) in [4.78, 5) is 11.7. The zero-order valence-electron chi connectivity index (χ0n) is 13.6. The number of hydrogen-bond donors (Lipinski definition) is 2. The van der Waals surface area contributed by atoms with E-state index in [1.54, 1.807) is 7.11 Å². The van der Waals surface area contributed by atoms with Crippen molar-refractivity contribution in [2.75, 3.05) is 20.3 Å². The highest BCUT2D eigenvalue weighted by Crippen LogP contribution is 2.22. The lowest BCUT2D eigenvalue weighted by atomic mass is 10.2. The lowest BCUT2D eigenvalue weighted by molar-refractivity contribution is 0.196. The van der Waals surface area contributed by atoms with Gasteiger partial charge in [0.1, 0.15) is 0 Å². The number of aromatic nitrogens is 1. The Morgan fingerprint density at radius 3 is 2.74 bits per heavy atom. The maximum Gasteiger partial charge on any atom is 0.315 e. The Morgan fingerprint density at radius 2 is 2.04 bits per heavy atom. The second-order valence-corrected chi connectivity index (χ2v) is 5.75. The van der Waals surface area contributed by atoms with E-state index in [1.807, 2.05) is 38.1 Å². The van der Waals surface area contributed by atoms with Crippen molar-refractivity contribution in [2.24, 2.45) is 0 Å². The lowest BCUT2D eigenvalue weighted by Gasteiger charge is -2.11. The van der Waals surface area contributed by atoms with Gasteiger partial charge in [0.25, 0.3) is 0 Å². The summed E-state index contributed by atoms with van der Waals surface area (Å²) >= 11 is 6.08. The average Bonchev–Trinajstić information content (AvgIpc) is 2.79. The summed E-state index contributed by atoms with van der Waals surface area (Å²) in [5.74, 6) is 0. The number of hydrogen-bond acceptors (Lipinski definition) is 2. The first-order valence-electron chi connectivity index (χ1n) is 7.47. The summed E-state index contributed by atoms with van der Waals surface area (Å²) in [6, 6.07) is 9.60. The van der Waals surface area contributed by atoms with Gasteiger partial charge in [-0.1, -0.05) is 17.7 Å². The van der Waals surface area contributed by atoms with Gasteiger partial charge in [0.2, 0.25) is 0 Å². The average molecular weight is 336 g/mol. The Kier molecular flexibility index (Phi) is 6.07. The van der Waals surface area contributed by atoms with Gasteiger partial charge in [0.15, 0.2) is 0 Å². The number of carbonyl (C=O) groups is 1. The van der Waals surface area contributed by atoms with Crippen LogP contribution in [0.2, 0.25) is 5.02 Å². The van der Waals surface area contributed by atoms with E-state index >= 15 is 0 Å². The maximum absolute atomic E-state index is 11.7. The normalized spacial score (nSPS) is 10.6. The molecular formula is C17H22ClN3O2. The molecule has 23 heavy (non-hydrogen) atoms. The zero-order valence-corrected chi connectivity index (χ0v) is 14.4. The molecule has 1 aromatic carbocycles. The SMILES string of the molecule is COCCNC(=O)NCc1cc(C)n(-c2cccc(Cl)c2)c1C. The van der Waals surface area contributed by atoms with Gasteiger partial charge in [-0.3, -0.25) is 0 Å². The number of nitrogens with zero attached hydrogens (tertiary/aromatic N) is 1. The molecule has 0 radical (unpaired) electrons. The van der Waals surface area contributed by atoms with Crippen LogP contribution < -0.4 is 10.6 Å². The largest absolute Gasteiger partial charge is 0.383 e. The monoisotopic (exact) mass is 335 g/mol. The van der Waals surface area contributed by atoms with Gasteiger partial charge in [-0.05, 0) is 43.7 Å². The van der Waals surface area contributed by atoms with E-state index in [-0.39, 0.29) is 6.03 Å². The third-order valence-electron chi connectivity index (χ3n) is 3.63. The van der Waals surface area contributed by atoms with Crippen molar-refractivity contribution in [3.05, 3.63) is 52.3 Å². The molecule has 2 N–H and O–H groups in total. The minimum atomic E-state index is -0.199. The highest BCUT2D eigenvalue weighted by Gasteiger charge is 2.11. The number of ether oxygens (including phenoxy) is 1. The fraction of sp³-hybridized carbons (Fsp3) is 0.353. The van der Waals surface area contributed by atoms with E-state index in [0.717, 1.165) is 22.6 Å². The van der Waals surface area contributed by atoms with E-state index in [4.69, 9.17) is 16.3 Å². The molecule has 6 heteroatoms. The van der Waals surface area contributed by atoms with Crippen LogP contribution in [0.4, 0.5) is 4.79 Å². The van der Waals surface area contributed by atoms with E-state index in [1.165, 1.54) is 0 Å². The van der Waals surface area contributed by atoms with E-state index in [9.17, 15) is 4.79 Å². The van der Waals surface area contributed by atoms with E-state index < -0.39 is 0 Å². The van der Waals surface area contributed by atoms with Crippen LogP contribution in [0.1, 0.15) is 17.0 Å². The Labute approximate surface area is 141 Å². The fourth-order valence-electron chi connectivity index (χ4n) is 2.53. The third-order valence-corrected chi connectivity index (χ3v) is 3.87. The molecule has 5 nitrogen and oxygen atoms in total. The van der Waals surface area contributed by atoms with Crippen molar-refractivity contribution >= 4 is 17.6 Å². The number of benzene rings is 1. The summed E-state index contributed by atoms with van der Waals surface area (Å²) in [6.07, 6.45) is 0. The molecule has 0 aliphatic heterocycles. The molecule has 2 rings (SSSR count). The van der Waals surface area contributed by atoms with E-state index in [2.05, 4.69) is 21.3 Å². The number of rotatable bonds is 6. The molecule has 0 aliphatic rings. The quantitative estimate of drug-likeness (QED) is 0.796. The Hall–Kier alpha value is -1.98. The lowest BCUT2D eigenvalue weighted by Crippen LogP contribution is -2.36. The van der Waals surface area contributed by atoms with Crippen molar-refractivity contribution in [3.8, 4) is 5.69 Å². The zero-order chi connectivity index (χ0) is 16.8. The summed E-state index contributed by atoms with van der Waals surface area (Å²) in [5.41, 5.74) is 4.27. The molecular weight excluding hydrogens is 314 g/mol. The van der Waals surface area contributed by atoms with Gasteiger partial charge < -0.3 is 19.9 Å². The Balaban J connectivity index is 2.07. The minimum absolute atomic E-state index is 0.199. The van der Waals surface area contributed by atoms with Crippen molar-refractivity contribution in [1.82, 2.24) is 15.2 Å². The van der Waals surface area contributed by atoms with Gasteiger partial charge in [-0.2, -0.15) is 0 Å². The van der Waals surface area contributed by atoms with Crippen LogP contribution in [0.25, 0.3) is 5.69 Å². The van der Waals surface area contributed by atoms with Gasteiger partial charge in [-0.15, -0.1) is 0 Å². The molecule has 0 spiro atoms. The standard InChI is InChI=1S/C17H22ClN3O2/c1-12-9-14(11-20-17(22)19-7-8-23-3)13(2)21(12)16-6-4-5-15(18)10-16/h4-6,9-10H,7-8,11H2,1-3H3,(H2,19,20,22). The van der Waals surface area contributed by atoms with Crippen molar-refractivity contribution in [1.29, 1.82) is 0 Å². The minimum Gasteiger partial charge on any atom is -0.383 e. The predicted octanol–water partition coefficient (Wildman–Crippen LogP) is 3.19. The van der Waals surface area contributed by atoms with Gasteiger partial charge in [0, 0.05) is 42.3 Å². The first-order valence-corrected chi connectivity index (χ1v) is 7.85. The number of halogens is 1. The summed E-state index contributed by atoms with van der Waals surface area (Å²) in [7, 11) is 1.60. The number of aryl methyl sites for hydroxylation is 1. The number of carbonyl (C=O) groups excluding carboxylic acids is 1. The van der Waals surface area contributed by atoms with Crippen LogP contribution in [0.5, 0.6) is 0 Å². The van der Waals surface area contributed by atoms with Gasteiger partial charge in [0.05, 0.1) is 6.61 Å². The highest BCUT2D eigenvalue weighted by atomic mass is 35.5. The summed E-state index contributed by atoms with van der Waals surface area (Å²) in [6.45, 7) is 5.53. The van der Waals surface area contributed by atoms with Crippen LogP contribution >= 0.6 is 11.6 Å². The van der Waals surface area contributed by atoms with E-state index in [0.29, 0.717) is 24.7 Å². The topological polar surface area (TPSA) is 55.3 Å². The predicted molar refractivity (Wildman–Crippen MR) is 92.4 cm³/mol. The first-order chi connectivity index (χ1) is 11.0. The highest BCUT2D eigenvalue weighted by molar-refractivity contribution is 6.30.